The van der Waals surface area contributed by atoms with Crippen LogP contribution in [0.15, 0.2) is 30.3 Å². The summed E-state index contributed by atoms with van der Waals surface area (Å²) in [4.78, 5) is 14.7. The lowest BCUT2D eigenvalue weighted by atomic mass is 10.0. The van der Waals surface area contributed by atoms with Gasteiger partial charge in [0.1, 0.15) is 0 Å². The fourth-order valence-corrected chi connectivity index (χ4v) is 4.28. The maximum Gasteiger partial charge on any atom is 0.274 e. The average Bonchev–Trinajstić information content (AvgIpc) is 3.31. The number of hydrogen-bond donors (Lipinski definition) is 1. The Bertz CT molecular complexity index is 776. The van der Waals surface area contributed by atoms with Gasteiger partial charge < -0.3 is 10.0 Å². The molecule has 4 rings (SSSR count). The number of carbonyl (C=O) groups is 1. The molecule has 2 aliphatic carbocycles. The van der Waals surface area contributed by atoms with Crippen molar-refractivity contribution < 1.29 is 9.90 Å². The molecule has 2 aliphatic rings. The number of amides is 1. The third kappa shape index (κ3) is 2.97. The van der Waals surface area contributed by atoms with Crippen LogP contribution in [0.2, 0.25) is 0 Å². The molecular weight excluding hydrogens is 314 g/mol. The van der Waals surface area contributed by atoms with Gasteiger partial charge in [0.2, 0.25) is 0 Å². The second kappa shape index (κ2) is 6.30. The van der Waals surface area contributed by atoms with Crippen molar-refractivity contribution in [3.05, 3.63) is 47.3 Å². The summed E-state index contributed by atoms with van der Waals surface area (Å²) in [6, 6.07) is 9.99. The van der Waals surface area contributed by atoms with E-state index in [-0.39, 0.29) is 5.91 Å². The normalized spacial score (nSPS) is 18.3. The van der Waals surface area contributed by atoms with Crippen LogP contribution in [0.3, 0.4) is 0 Å². The van der Waals surface area contributed by atoms with E-state index < -0.39 is 5.60 Å². The van der Waals surface area contributed by atoms with Crippen LogP contribution in [0.25, 0.3) is 5.69 Å². The van der Waals surface area contributed by atoms with Crippen LogP contribution < -0.4 is 0 Å². The topological polar surface area (TPSA) is 58.4 Å². The largest absolute Gasteiger partial charge is 0.388 e. The molecule has 0 unspecified atom stereocenters. The Balaban J connectivity index is 1.63. The SMILES string of the molecule is CN(CC1(O)CCCC1)C(=O)c1nn(-c2ccccc2)c2c1CCC2. The standard InChI is InChI=1S/C20H25N3O2/c1-22(14-20(25)12-5-6-13-20)19(24)18-16-10-7-11-17(16)23(21-18)15-8-3-2-4-9-15/h2-4,8-9,25H,5-7,10-14H2,1H3. The molecule has 0 radical (unpaired) electrons. The predicted octanol–water partition coefficient (Wildman–Crippen LogP) is 2.74. The van der Waals surface area contributed by atoms with Gasteiger partial charge in [-0.15, -0.1) is 0 Å². The predicted molar refractivity (Wildman–Crippen MR) is 96.0 cm³/mol. The van der Waals surface area contributed by atoms with Gasteiger partial charge in [0.15, 0.2) is 5.69 Å². The summed E-state index contributed by atoms with van der Waals surface area (Å²) in [6.45, 7) is 0.388. The highest BCUT2D eigenvalue weighted by atomic mass is 16.3. The number of carbonyl (C=O) groups excluding carboxylic acids is 1. The van der Waals surface area contributed by atoms with Gasteiger partial charge in [-0.1, -0.05) is 31.0 Å². The molecule has 1 saturated carbocycles. The number of aliphatic hydroxyl groups is 1. The molecule has 1 N–H and O–H groups in total. The number of benzene rings is 1. The molecule has 1 aromatic heterocycles. The van der Waals surface area contributed by atoms with Gasteiger partial charge >= 0.3 is 0 Å². The highest BCUT2D eigenvalue weighted by molar-refractivity contribution is 5.94. The molecule has 25 heavy (non-hydrogen) atoms. The zero-order valence-corrected chi connectivity index (χ0v) is 14.7. The smallest absolute Gasteiger partial charge is 0.274 e. The fraction of sp³-hybridized carbons (Fsp3) is 0.500. The number of likely N-dealkylation sites (N-methyl/N-ethyl adjacent to an activating group) is 1. The molecule has 0 aliphatic heterocycles. The zero-order valence-electron chi connectivity index (χ0n) is 14.7. The first-order valence-electron chi connectivity index (χ1n) is 9.21. The Morgan fingerprint density at radius 1 is 1.20 bits per heavy atom. The summed E-state index contributed by atoms with van der Waals surface area (Å²) in [5, 5.41) is 15.3. The highest BCUT2D eigenvalue weighted by Gasteiger charge is 2.35. The third-order valence-corrected chi connectivity index (χ3v) is 5.55. The minimum Gasteiger partial charge on any atom is -0.388 e. The van der Waals surface area contributed by atoms with Gasteiger partial charge in [0.25, 0.3) is 5.91 Å². The van der Waals surface area contributed by atoms with Crippen molar-refractivity contribution in [2.45, 2.75) is 50.5 Å². The van der Waals surface area contributed by atoms with Gasteiger partial charge in [0.05, 0.1) is 11.3 Å². The van der Waals surface area contributed by atoms with E-state index in [9.17, 15) is 9.90 Å². The number of nitrogens with zero attached hydrogens (tertiary/aromatic N) is 3. The number of aromatic nitrogens is 2. The molecule has 1 amide bonds. The first kappa shape index (κ1) is 16.3. The van der Waals surface area contributed by atoms with E-state index in [2.05, 4.69) is 5.10 Å². The Morgan fingerprint density at radius 2 is 1.92 bits per heavy atom. The lowest BCUT2D eigenvalue weighted by Gasteiger charge is -2.28. The van der Waals surface area contributed by atoms with Crippen molar-refractivity contribution >= 4 is 5.91 Å². The number of rotatable bonds is 4. The van der Waals surface area contributed by atoms with Crippen LogP contribution in [-0.4, -0.2) is 44.9 Å². The summed E-state index contributed by atoms with van der Waals surface area (Å²) in [5.74, 6) is -0.0758. The number of hydrogen-bond acceptors (Lipinski definition) is 3. The van der Waals surface area contributed by atoms with Crippen LogP contribution in [0.1, 0.15) is 53.8 Å². The average molecular weight is 339 g/mol. The van der Waals surface area contributed by atoms with E-state index in [4.69, 9.17) is 0 Å². The maximum absolute atomic E-state index is 13.0. The van der Waals surface area contributed by atoms with E-state index in [1.807, 2.05) is 35.0 Å². The molecule has 2 aromatic rings. The van der Waals surface area contributed by atoms with Gasteiger partial charge in [-0.25, -0.2) is 4.68 Å². The Morgan fingerprint density at radius 3 is 2.64 bits per heavy atom. The van der Waals surface area contributed by atoms with Crippen molar-refractivity contribution in [2.75, 3.05) is 13.6 Å². The number of fused-ring (bicyclic) bond motifs is 1. The third-order valence-electron chi connectivity index (χ3n) is 5.55. The second-order valence-corrected chi connectivity index (χ2v) is 7.47. The molecule has 0 bridgehead atoms. The van der Waals surface area contributed by atoms with Crippen molar-refractivity contribution in [1.82, 2.24) is 14.7 Å². The summed E-state index contributed by atoms with van der Waals surface area (Å²) < 4.78 is 1.92. The Kier molecular flexibility index (Phi) is 4.12. The van der Waals surface area contributed by atoms with Gasteiger partial charge in [-0.3, -0.25) is 4.79 Å². The summed E-state index contributed by atoms with van der Waals surface area (Å²) in [7, 11) is 1.78. The van der Waals surface area contributed by atoms with Gasteiger partial charge in [-0.2, -0.15) is 5.10 Å². The Hall–Kier alpha value is -2.14. The minimum absolute atomic E-state index is 0.0758. The molecule has 132 valence electrons. The van der Waals surface area contributed by atoms with Crippen LogP contribution >= 0.6 is 0 Å². The molecule has 5 nitrogen and oxygen atoms in total. The monoisotopic (exact) mass is 339 g/mol. The highest BCUT2D eigenvalue weighted by Crippen LogP contribution is 2.32. The summed E-state index contributed by atoms with van der Waals surface area (Å²) >= 11 is 0. The molecule has 0 atom stereocenters. The van der Waals surface area contributed by atoms with E-state index in [0.717, 1.165) is 61.9 Å². The Labute approximate surface area is 148 Å². The molecule has 5 heteroatoms. The molecule has 1 aromatic carbocycles. The summed E-state index contributed by atoms with van der Waals surface area (Å²) in [6.07, 6.45) is 6.56. The fourth-order valence-electron chi connectivity index (χ4n) is 4.28. The van der Waals surface area contributed by atoms with Crippen LogP contribution in [-0.2, 0) is 12.8 Å². The lowest BCUT2D eigenvalue weighted by Crippen LogP contribution is -2.42. The van der Waals surface area contributed by atoms with Crippen molar-refractivity contribution in [3.63, 3.8) is 0 Å². The quantitative estimate of drug-likeness (QED) is 0.932. The van der Waals surface area contributed by atoms with Crippen LogP contribution in [0, 0.1) is 0 Å². The van der Waals surface area contributed by atoms with Crippen molar-refractivity contribution in [2.24, 2.45) is 0 Å². The molecule has 0 saturated heterocycles. The van der Waals surface area contributed by atoms with Crippen LogP contribution in [0.5, 0.6) is 0 Å². The first-order valence-corrected chi connectivity index (χ1v) is 9.21. The maximum atomic E-state index is 13.0. The minimum atomic E-state index is -0.727. The second-order valence-electron chi connectivity index (χ2n) is 7.47. The number of para-hydroxylation sites is 1. The van der Waals surface area contributed by atoms with Crippen LogP contribution in [0.4, 0.5) is 0 Å². The van der Waals surface area contributed by atoms with Gasteiger partial charge in [-0.05, 0) is 44.2 Å². The van der Waals surface area contributed by atoms with E-state index >= 15 is 0 Å². The molecular formula is C20H25N3O2. The summed E-state index contributed by atoms with van der Waals surface area (Å²) in [5.41, 5.74) is 3.06. The first-order chi connectivity index (χ1) is 12.1. The van der Waals surface area contributed by atoms with Crippen molar-refractivity contribution in [1.29, 1.82) is 0 Å². The van der Waals surface area contributed by atoms with E-state index in [0.29, 0.717) is 12.2 Å². The molecule has 1 heterocycles. The van der Waals surface area contributed by atoms with E-state index in [1.165, 1.54) is 0 Å². The van der Waals surface area contributed by atoms with E-state index in [1.54, 1.807) is 11.9 Å². The molecule has 0 spiro atoms. The molecule has 1 fully saturated rings. The zero-order chi connectivity index (χ0) is 17.4. The lowest BCUT2D eigenvalue weighted by molar-refractivity contribution is 0.0154. The van der Waals surface area contributed by atoms with Gasteiger partial charge in [0, 0.05) is 24.8 Å². The van der Waals surface area contributed by atoms with Crippen molar-refractivity contribution in [3.8, 4) is 5.69 Å².